The molecular weight excluding hydrogens is 252 g/mol. The average molecular weight is 271 g/mol. The van der Waals surface area contributed by atoms with E-state index < -0.39 is 0 Å². The Balaban J connectivity index is 2.14. The van der Waals surface area contributed by atoms with Crippen molar-refractivity contribution in [1.29, 1.82) is 0 Å². The van der Waals surface area contributed by atoms with Gasteiger partial charge in [-0.15, -0.1) is 0 Å². The SMILES string of the molecule is CC(C)(C)c1nc(Cl)cc(OC2CCOCC2)n1. The Morgan fingerprint density at radius 1 is 1.28 bits per heavy atom. The Morgan fingerprint density at radius 3 is 2.56 bits per heavy atom. The van der Waals surface area contributed by atoms with E-state index in [9.17, 15) is 0 Å². The summed E-state index contributed by atoms with van der Waals surface area (Å²) in [7, 11) is 0. The second-order valence-corrected chi connectivity index (χ2v) is 5.92. The summed E-state index contributed by atoms with van der Waals surface area (Å²) in [6.07, 6.45) is 1.96. The monoisotopic (exact) mass is 270 g/mol. The Kier molecular flexibility index (Phi) is 4.07. The van der Waals surface area contributed by atoms with Crippen LogP contribution >= 0.6 is 11.6 Å². The first-order valence-corrected chi connectivity index (χ1v) is 6.62. The maximum absolute atomic E-state index is 6.02. The first kappa shape index (κ1) is 13.6. The number of nitrogens with zero attached hydrogens (tertiary/aromatic N) is 2. The maximum Gasteiger partial charge on any atom is 0.218 e. The van der Waals surface area contributed by atoms with Gasteiger partial charge in [0.25, 0.3) is 0 Å². The van der Waals surface area contributed by atoms with Crippen LogP contribution in [0.5, 0.6) is 5.88 Å². The molecule has 0 radical (unpaired) electrons. The molecule has 1 fully saturated rings. The number of ether oxygens (including phenoxy) is 2. The quantitative estimate of drug-likeness (QED) is 0.775. The molecule has 0 aromatic carbocycles. The fraction of sp³-hybridized carbons (Fsp3) is 0.692. The molecule has 0 unspecified atom stereocenters. The lowest BCUT2D eigenvalue weighted by Crippen LogP contribution is -2.27. The molecule has 0 amide bonds. The smallest absolute Gasteiger partial charge is 0.218 e. The molecule has 0 atom stereocenters. The fourth-order valence-corrected chi connectivity index (χ4v) is 1.93. The first-order chi connectivity index (χ1) is 8.45. The van der Waals surface area contributed by atoms with Gasteiger partial charge >= 0.3 is 0 Å². The molecule has 0 spiro atoms. The van der Waals surface area contributed by atoms with Crippen LogP contribution in [0.25, 0.3) is 0 Å². The van der Waals surface area contributed by atoms with Gasteiger partial charge in [0.2, 0.25) is 5.88 Å². The molecular formula is C13H19ClN2O2. The molecule has 1 saturated heterocycles. The van der Waals surface area contributed by atoms with E-state index >= 15 is 0 Å². The van der Waals surface area contributed by atoms with Crippen molar-refractivity contribution < 1.29 is 9.47 Å². The third-order valence-corrected chi connectivity index (χ3v) is 2.99. The van der Waals surface area contributed by atoms with Gasteiger partial charge < -0.3 is 9.47 Å². The zero-order valence-corrected chi connectivity index (χ0v) is 11.8. The summed E-state index contributed by atoms with van der Waals surface area (Å²) in [4.78, 5) is 8.69. The summed E-state index contributed by atoms with van der Waals surface area (Å²) in [6, 6.07) is 1.67. The van der Waals surface area contributed by atoms with E-state index in [-0.39, 0.29) is 11.5 Å². The van der Waals surface area contributed by atoms with Gasteiger partial charge in [0.15, 0.2) is 0 Å². The predicted molar refractivity (Wildman–Crippen MR) is 70.2 cm³/mol. The van der Waals surface area contributed by atoms with Crippen LogP contribution in [0.15, 0.2) is 6.07 Å². The molecule has 5 heteroatoms. The Labute approximate surface area is 113 Å². The second-order valence-electron chi connectivity index (χ2n) is 5.53. The molecule has 1 aliphatic heterocycles. The normalized spacial score (nSPS) is 17.8. The fourth-order valence-electron chi connectivity index (χ4n) is 1.76. The van der Waals surface area contributed by atoms with Gasteiger partial charge in [-0.3, -0.25) is 0 Å². The molecule has 0 bridgehead atoms. The van der Waals surface area contributed by atoms with Gasteiger partial charge in [0.1, 0.15) is 17.1 Å². The summed E-state index contributed by atoms with van der Waals surface area (Å²) in [5, 5.41) is 0.428. The lowest BCUT2D eigenvalue weighted by Gasteiger charge is -2.24. The number of hydrogen-bond donors (Lipinski definition) is 0. The van der Waals surface area contributed by atoms with Gasteiger partial charge in [-0.1, -0.05) is 32.4 Å². The van der Waals surface area contributed by atoms with Crippen molar-refractivity contribution in [2.24, 2.45) is 0 Å². The zero-order valence-electron chi connectivity index (χ0n) is 11.1. The van der Waals surface area contributed by atoms with Crippen LogP contribution in [-0.4, -0.2) is 29.3 Å². The third kappa shape index (κ3) is 3.56. The van der Waals surface area contributed by atoms with Gasteiger partial charge in [-0.25, -0.2) is 4.98 Å². The molecule has 2 heterocycles. The number of hydrogen-bond acceptors (Lipinski definition) is 4. The average Bonchev–Trinajstić information content (AvgIpc) is 2.28. The number of halogens is 1. The minimum atomic E-state index is -0.140. The first-order valence-electron chi connectivity index (χ1n) is 6.24. The molecule has 1 aliphatic rings. The highest BCUT2D eigenvalue weighted by molar-refractivity contribution is 6.29. The molecule has 2 rings (SSSR count). The standard InChI is InChI=1S/C13H19ClN2O2/c1-13(2,3)12-15-10(14)8-11(16-12)18-9-4-6-17-7-5-9/h8-9H,4-7H2,1-3H3. The van der Waals surface area contributed by atoms with Gasteiger partial charge in [-0.2, -0.15) is 4.98 Å². The van der Waals surface area contributed by atoms with Crippen LogP contribution in [-0.2, 0) is 10.2 Å². The second kappa shape index (κ2) is 5.41. The Bertz CT molecular complexity index is 412. The van der Waals surface area contributed by atoms with Gasteiger partial charge in [-0.05, 0) is 0 Å². The van der Waals surface area contributed by atoms with E-state index in [0.717, 1.165) is 26.1 Å². The summed E-state index contributed by atoms with van der Waals surface area (Å²) >= 11 is 6.02. The molecule has 0 aliphatic carbocycles. The topological polar surface area (TPSA) is 44.2 Å². The van der Waals surface area contributed by atoms with Crippen molar-refractivity contribution in [3.63, 3.8) is 0 Å². The van der Waals surface area contributed by atoms with E-state index in [0.29, 0.717) is 16.9 Å². The number of rotatable bonds is 2. The predicted octanol–water partition coefficient (Wildman–Crippen LogP) is 2.99. The van der Waals surface area contributed by atoms with E-state index in [2.05, 4.69) is 30.7 Å². The molecule has 0 N–H and O–H groups in total. The molecule has 0 saturated carbocycles. The molecule has 1 aromatic rings. The van der Waals surface area contributed by atoms with Crippen molar-refractivity contribution in [1.82, 2.24) is 9.97 Å². The van der Waals surface area contributed by atoms with Crippen LogP contribution in [0, 0.1) is 0 Å². The highest BCUT2D eigenvalue weighted by atomic mass is 35.5. The van der Waals surface area contributed by atoms with Crippen LogP contribution < -0.4 is 4.74 Å². The minimum Gasteiger partial charge on any atom is -0.474 e. The summed E-state index contributed by atoms with van der Waals surface area (Å²) in [6.45, 7) is 7.65. The summed E-state index contributed by atoms with van der Waals surface area (Å²) < 4.78 is 11.2. The minimum absolute atomic E-state index is 0.140. The van der Waals surface area contributed by atoms with Gasteiger partial charge in [0.05, 0.1) is 13.2 Å². The van der Waals surface area contributed by atoms with Crippen LogP contribution in [0.4, 0.5) is 0 Å². The van der Waals surface area contributed by atoms with Crippen molar-refractivity contribution in [2.45, 2.75) is 45.1 Å². The van der Waals surface area contributed by atoms with E-state index in [1.807, 2.05) is 0 Å². The van der Waals surface area contributed by atoms with Crippen LogP contribution in [0.2, 0.25) is 5.15 Å². The Morgan fingerprint density at radius 2 is 1.94 bits per heavy atom. The summed E-state index contributed by atoms with van der Waals surface area (Å²) in [5.41, 5.74) is -0.140. The molecule has 18 heavy (non-hydrogen) atoms. The van der Waals surface area contributed by atoms with Gasteiger partial charge in [0, 0.05) is 24.3 Å². The molecule has 1 aromatic heterocycles. The van der Waals surface area contributed by atoms with Crippen molar-refractivity contribution in [2.75, 3.05) is 13.2 Å². The number of aromatic nitrogens is 2. The summed E-state index contributed by atoms with van der Waals surface area (Å²) in [5.74, 6) is 1.27. The lowest BCUT2D eigenvalue weighted by atomic mass is 9.96. The highest BCUT2D eigenvalue weighted by Gasteiger charge is 2.21. The van der Waals surface area contributed by atoms with Crippen LogP contribution in [0.3, 0.4) is 0 Å². The van der Waals surface area contributed by atoms with E-state index in [1.165, 1.54) is 0 Å². The van der Waals surface area contributed by atoms with E-state index in [1.54, 1.807) is 6.07 Å². The Hall–Kier alpha value is -0.870. The van der Waals surface area contributed by atoms with Crippen LogP contribution in [0.1, 0.15) is 39.4 Å². The largest absolute Gasteiger partial charge is 0.474 e. The van der Waals surface area contributed by atoms with Crippen molar-refractivity contribution in [3.05, 3.63) is 17.0 Å². The van der Waals surface area contributed by atoms with Crippen molar-refractivity contribution >= 4 is 11.6 Å². The maximum atomic E-state index is 6.02. The lowest BCUT2D eigenvalue weighted by molar-refractivity contribution is 0.0235. The van der Waals surface area contributed by atoms with Crippen molar-refractivity contribution in [3.8, 4) is 5.88 Å². The molecule has 4 nitrogen and oxygen atoms in total. The molecule has 100 valence electrons. The third-order valence-electron chi connectivity index (χ3n) is 2.80. The van der Waals surface area contributed by atoms with E-state index in [4.69, 9.17) is 21.1 Å². The highest BCUT2D eigenvalue weighted by Crippen LogP contribution is 2.24. The zero-order chi connectivity index (χ0) is 13.2.